The lowest BCUT2D eigenvalue weighted by molar-refractivity contribution is 0.191. The Kier molecular flexibility index (Phi) is 2.82. The minimum atomic E-state index is -0.317. The summed E-state index contributed by atoms with van der Waals surface area (Å²) >= 11 is 0. The molecular weight excluding hydrogens is 254 g/mol. The smallest absolute Gasteiger partial charge is 0.243 e. The van der Waals surface area contributed by atoms with Crippen LogP contribution in [0, 0.1) is 0 Å². The summed E-state index contributed by atoms with van der Waals surface area (Å²) in [4.78, 5) is 4.56. The van der Waals surface area contributed by atoms with Crippen LogP contribution < -0.4 is 5.32 Å². The quantitative estimate of drug-likeness (QED) is 0.867. The second-order valence-corrected chi connectivity index (χ2v) is 5.63. The van der Waals surface area contributed by atoms with Gasteiger partial charge in [0.2, 0.25) is 5.89 Å². The van der Waals surface area contributed by atoms with Crippen molar-refractivity contribution < 1.29 is 9.63 Å². The molecule has 0 radical (unpaired) electrons. The molecule has 0 bridgehead atoms. The minimum Gasteiger partial charge on any atom is -0.392 e. The molecule has 1 aliphatic heterocycles. The first-order chi connectivity index (χ1) is 9.81. The summed E-state index contributed by atoms with van der Waals surface area (Å²) in [5.41, 5.74) is 2.71. The van der Waals surface area contributed by atoms with Gasteiger partial charge in [-0.15, -0.1) is 0 Å². The van der Waals surface area contributed by atoms with Crippen molar-refractivity contribution in [1.29, 1.82) is 0 Å². The fourth-order valence-electron chi connectivity index (χ4n) is 3.26. The molecule has 5 heteroatoms. The van der Waals surface area contributed by atoms with Crippen molar-refractivity contribution in [3.63, 3.8) is 0 Å². The lowest BCUT2D eigenvalue weighted by Crippen LogP contribution is -2.15. The van der Waals surface area contributed by atoms with E-state index in [4.69, 9.17) is 4.52 Å². The van der Waals surface area contributed by atoms with Gasteiger partial charge in [0.1, 0.15) is 0 Å². The van der Waals surface area contributed by atoms with Crippen LogP contribution in [-0.2, 0) is 6.42 Å². The number of rotatable bonds is 2. The molecule has 2 aliphatic rings. The van der Waals surface area contributed by atoms with Crippen LogP contribution in [0.2, 0.25) is 0 Å². The largest absolute Gasteiger partial charge is 0.392 e. The van der Waals surface area contributed by atoms with E-state index in [1.165, 1.54) is 11.1 Å². The number of aliphatic hydroxyl groups excluding tert-OH is 1. The van der Waals surface area contributed by atoms with Crippen molar-refractivity contribution in [2.24, 2.45) is 0 Å². The van der Waals surface area contributed by atoms with Crippen LogP contribution in [0.3, 0.4) is 0 Å². The van der Waals surface area contributed by atoms with E-state index in [1.54, 1.807) is 0 Å². The molecule has 0 spiro atoms. The molecule has 1 aromatic carbocycles. The van der Waals surface area contributed by atoms with Crippen molar-refractivity contribution in [2.75, 3.05) is 6.54 Å². The molecule has 1 aromatic heterocycles. The Morgan fingerprint density at radius 1 is 1.30 bits per heavy atom. The van der Waals surface area contributed by atoms with Crippen molar-refractivity contribution in [1.82, 2.24) is 15.5 Å². The molecule has 3 atom stereocenters. The zero-order valence-electron chi connectivity index (χ0n) is 11.1. The molecule has 0 amide bonds. The van der Waals surface area contributed by atoms with Crippen molar-refractivity contribution in [2.45, 2.75) is 37.3 Å². The van der Waals surface area contributed by atoms with Gasteiger partial charge in [0.15, 0.2) is 5.82 Å². The monoisotopic (exact) mass is 271 g/mol. The highest BCUT2D eigenvalue weighted by molar-refractivity contribution is 5.38. The standard InChI is InChI=1S/C15H17N3O2/c19-10-7-13(16-8-10)15-17-14(18-20-15)12-6-5-9-3-1-2-4-11(9)12/h1-4,10,12-13,16,19H,5-8H2/t10-,12?,13+/m1/s1. The predicted octanol–water partition coefficient (Wildman–Crippen LogP) is 1.54. The van der Waals surface area contributed by atoms with Gasteiger partial charge in [0, 0.05) is 12.5 Å². The van der Waals surface area contributed by atoms with Gasteiger partial charge in [0.25, 0.3) is 0 Å². The van der Waals surface area contributed by atoms with Crippen LogP contribution in [0.15, 0.2) is 28.8 Å². The second kappa shape index (κ2) is 4.68. The maximum absolute atomic E-state index is 9.56. The average Bonchev–Trinajstić information content (AvgIpc) is 3.15. The van der Waals surface area contributed by atoms with Gasteiger partial charge in [-0.1, -0.05) is 29.4 Å². The zero-order valence-corrected chi connectivity index (χ0v) is 11.1. The van der Waals surface area contributed by atoms with Crippen molar-refractivity contribution in [3.8, 4) is 0 Å². The number of fused-ring (bicyclic) bond motifs is 1. The van der Waals surface area contributed by atoms with Gasteiger partial charge < -0.3 is 14.9 Å². The molecule has 5 nitrogen and oxygen atoms in total. The number of hydrogen-bond acceptors (Lipinski definition) is 5. The highest BCUT2D eigenvalue weighted by Crippen LogP contribution is 2.37. The fourth-order valence-corrected chi connectivity index (χ4v) is 3.26. The summed E-state index contributed by atoms with van der Waals surface area (Å²) in [7, 11) is 0. The third kappa shape index (κ3) is 1.94. The van der Waals surface area contributed by atoms with Crippen LogP contribution in [-0.4, -0.2) is 27.9 Å². The van der Waals surface area contributed by atoms with Gasteiger partial charge in [0.05, 0.1) is 12.1 Å². The summed E-state index contributed by atoms with van der Waals surface area (Å²) < 4.78 is 5.39. The molecule has 0 saturated carbocycles. The Morgan fingerprint density at radius 2 is 2.20 bits per heavy atom. The van der Waals surface area contributed by atoms with Crippen LogP contribution in [0.4, 0.5) is 0 Å². The lowest BCUT2D eigenvalue weighted by Gasteiger charge is -2.06. The fraction of sp³-hybridized carbons (Fsp3) is 0.467. The van der Waals surface area contributed by atoms with E-state index < -0.39 is 0 Å². The highest BCUT2D eigenvalue weighted by Gasteiger charge is 2.31. The molecular formula is C15H17N3O2. The Morgan fingerprint density at radius 3 is 3.05 bits per heavy atom. The maximum atomic E-state index is 9.56. The van der Waals surface area contributed by atoms with Gasteiger partial charge >= 0.3 is 0 Å². The number of aryl methyl sites for hydroxylation is 1. The van der Waals surface area contributed by atoms with Crippen LogP contribution in [0.25, 0.3) is 0 Å². The van der Waals surface area contributed by atoms with Gasteiger partial charge in [-0.3, -0.25) is 0 Å². The van der Waals surface area contributed by atoms with Crippen LogP contribution in [0.5, 0.6) is 0 Å². The third-order valence-corrected chi connectivity index (χ3v) is 4.31. The Balaban J connectivity index is 1.60. The maximum Gasteiger partial charge on any atom is 0.243 e. The summed E-state index contributed by atoms with van der Waals surface area (Å²) in [6, 6.07) is 8.45. The van der Waals surface area contributed by atoms with E-state index in [9.17, 15) is 5.11 Å². The number of nitrogens with zero attached hydrogens (tertiary/aromatic N) is 2. The Labute approximate surface area is 117 Å². The lowest BCUT2D eigenvalue weighted by atomic mass is 10.0. The van der Waals surface area contributed by atoms with Gasteiger partial charge in [-0.2, -0.15) is 4.98 Å². The Hall–Kier alpha value is -1.72. The van der Waals surface area contributed by atoms with Gasteiger partial charge in [-0.05, 0) is 30.4 Å². The van der Waals surface area contributed by atoms with Crippen molar-refractivity contribution in [3.05, 3.63) is 47.1 Å². The third-order valence-electron chi connectivity index (χ3n) is 4.31. The SMILES string of the molecule is O[C@H]1CN[C@H](c2nc(C3CCc4ccccc43)no2)C1. The summed E-state index contributed by atoms with van der Waals surface area (Å²) in [6.07, 6.45) is 2.44. The van der Waals surface area contributed by atoms with Crippen LogP contribution in [0.1, 0.15) is 47.6 Å². The van der Waals surface area contributed by atoms with E-state index in [2.05, 4.69) is 39.7 Å². The van der Waals surface area contributed by atoms with E-state index in [0.717, 1.165) is 18.7 Å². The molecule has 20 heavy (non-hydrogen) atoms. The molecule has 1 saturated heterocycles. The van der Waals surface area contributed by atoms with E-state index in [-0.39, 0.29) is 18.1 Å². The number of nitrogens with one attached hydrogen (secondary N) is 1. The molecule has 2 heterocycles. The molecule has 1 fully saturated rings. The summed E-state index contributed by atoms with van der Waals surface area (Å²) in [5, 5.41) is 16.9. The number of aliphatic hydroxyl groups is 1. The zero-order chi connectivity index (χ0) is 13.5. The first-order valence-corrected chi connectivity index (χ1v) is 7.14. The summed E-state index contributed by atoms with van der Waals surface area (Å²) in [5.74, 6) is 1.61. The first-order valence-electron chi connectivity index (χ1n) is 7.14. The molecule has 2 N–H and O–H groups in total. The molecule has 1 aliphatic carbocycles. The first kappa shape index (κ1) is 12.1. The highest BCUT2D eigenvalue weighted by atomic mass is 16.5. The topological polar surface area (TPSA) is 71.2 Å². The number of benzene rings is 1. The number of β-amino-alcohol motifs (C(OH)–C–C–N with tert-alkyl or cyclic N) is 1. The van der Waals surface area contributed by atoms with Crippen molar-refractivity contribution >= 4 is 0 Å². The Bertz CT molecular complexity index is 625. The molecule has 2 aromatic rings. The average molecular weight is 271 g/mol. The second-order valence-electron chi connectivity index (χ2n) is 5.63. The van der Waals surface area contributed by atoms with E-state index in [0.29, 0.717) is 18.9 Å². The number of hydrogen-bond donors (Lipinski definition) is 2. The van der Waals surface area contributed by atoms with Crippen LogP contribution >= 0.6 is 0 Å². The van der Waals surface area contributed by atoms with E-state index in [1.807, 2.05) is 0 Å². The normalized spacial score (nSPS) is 28.8. The van der Waals surface area contributed by atoms with E-state index >= 15 is 0 Å². The molecule has 104 valence electrons. The molecule has 4 rings (SSSR count). The number of aromatic nitrogens is 2. The van der Waals surface area contributed by atoms with Gasteiger partial charge in [-0.25, -0.2) is 0 Å². The minimum absolute atomic E-state index is 0.0112. The summed E-state index contributed by atoms with van der Waals surface area (Å²) in [6.45, 7) is 0.592. The predicted molar refractivity (Wildman–Crippen MR) is 72.3 cm³/mol. The molecule has 1 unspecified atom stereocenters.